The summed E-state index contributed by atoms with van der Waals surface area (Å²) < 4.78 is 0. The molecule has 0 aromatic heterocycles. The van der Waals surface area contributed by atoms with Crippen molar-refractivity contribution in [1.29, 1.82) is 0 Å². The highest BCUT2D eigenvalue weighted by molar-refractivity contribution is 5.91. The molecule has 5 heteroatoms. The van der Waals surface area contributed by atoms with Crippen LogP contribution in [0.5, 0.6) is 0 Å². The molecule has 0 saturated carbocycles. The maximum absolute atomic E-state index is 12.3. The minimum atomic E-state index is -0.0819. The van der Waals surface area contributed by atoms with Crippen molar-refractivity contribution in [2.24, 2.45) is 0 Å². The smallest absolute Gasteiger partial charge is 0.226 e. The molecule has 2 rings (SSSR count). The van der Waals surface area contributed by atoms with Crippen LogP contribution in [-0.4, -0.2) is 42.9 Å². The average Bonchev–Trinajstić information content (AvgIpc) is 2.70. The topological polar surface area (TPSA) is 52.7 Å². The Balaban J connectivity index is 1.83. The Kier molecular flexibility index (Phi) is 8.53. The van der Waals surface area contributed by atoms with Crippen LogP contribution in [0.1, 0.15) is 32.8 Å². The van der Waals surface area contributed by atoms with E-state index >= 15 is 0 Å². The van der Waals surface area contributed by atoms with Crippen molar-refractivity contribution in [3.8, 4) is 0 Å². The van der Waals surface area contributed by atoms with Crippen LogP contribution in [0.3, 0.4) is 0 Å². The van der Waals surface area contributed by atoms with Crippen molar-refractivity contribution >= 4 is 23.2 Å². The van der Waals surface area contributed by atoms with Crippen LogP contribution in [0.15, 0.2) is 54.6 Å². The van der Waals surface area contributed by atoms with Gasteiger partial charge in [0.15, 0.2) is 0 Å². The summed E-state index contributed by atoms with van der Waals surface area (Å²) in [5, 5.41) is 2.92. The predicted molar refractivity (Wildman–Crippen MR) is 116 cm³/mol. The van der Waals surface area contributed by atoms with Crippen molar-refractivity contribution in [2.45, 2.75) is 33.6 Å². The molecule has 0 spiro atoms. The Labute approximate surface area is 168 Å². The van der Waals surface area contributed by atoms with Gasteiger partial charge in [-0.05, 0) is 50.1 Å². The first kappa shape index (κ1) is 21.5. The Bertz CT molecular complexity index is 740. The summed E-state index contributed by atoms with van der Waals surface area (Å²) in [6, 6.07) is 17.9. The summed E-state index contributed by atoms with van der Waals surface area (Å²) in [7, 11) is 0. The quantitative estimate of drug-likeness (QED) is 0.678. The van der Waals surface area contributed by atoms with Crippen molar-refractivity contribution in [3.63, 3.8) is 0 Å². The number of rotatable bonds is 10. The van der Waals surface area contributed by atoms with Crippen LogP contribution in [0.2, 0.25) is 0 Å². The van der Waals surface area contributed by atoms with E-state index < -0.39 is 0 Å². The van der Waals surface area contributed by atoms with Crippen LogP contribution < -0.4 is 10.2 Å². The molecule has 0 bridgehead atoms. The second kappa shape index (κ2) is 11.1. The van der Waals surface area contributed by atoms with Crippen LogP contribution in [0.4, 0.5) is 11.4 Å². The predicted octanol–water partition coefficient (Wildman–Crippen LogP) is 3.95. The summed E-state index contributed by atoms with van der Waals surface area (Å²) >= 11 is 0. The largest absolute Gasteiger partial charge is 0.372 e. The highest BCUT2D eigenvalue weighted by Crippen LogP contribution is 2.17. The van der Waals surface area contributed by atoms with Gasteiger partial charge in [0.2, 0.25) is 11.8 Å². The third-order valence-electron chi connectivity index (χ3n) is 4.85. The number of anilines is 2. The third kappa shape index (κ3) is 6.72. The van der Waals surface area contributed by atoms with E-state index in [9.17, 15) is 9.59 Å². The molecule has 0 aliphatic carbocycles. The molecular formula is C23H31N3O2. The molecule has 2 amide bonds. The van der Waals surface area contributed by atoms with E-state index in [0.717, 1.165) is 30.9 Å². The fourth-order valence-corrected chi connectivity index (χ4v) is 3.14. The molecule has 0 atom stereocenters. The van der Waals surface area contributed by atoms with Crippen molar-refractivity contribution in [1.82, 2.24) is 4.90 Å². The van der Waals surface area contributed by atoms with Gasteiger partial charge in [-0.3, -0.25) is 9.59 Å². The summed E-state index contributed by atoms with van der Waals surface area (Å²) in [4.78, 5) is 28.2. The van der Waals surface area contributed by atoms with E-state index in [1.54, 1.807) is 11.8 Å². The molecule has 150 valence electrons. The number of hydrogen-bond donors (Lipinski definition) is 1. The fraction of sp³-hybridized carbons (Fsp3) is 0.391. The number of benzene rings is 2. The first-order chi connectivity index (χ1) is 13.5. The lowest BCUT2D eigenvalue weighted by Gasteiger charge is -2.22. The van der Waals surface area contributed by atoms with E-state index in [4.69, 9.17) is 0 Å². The zero-order chi connectivity index (χ0) is 20.4. The number of carbonyl (C=O) groups is 2. The lowest BCUT2D eigenvalue weighted by atomic mass is 10.1. The molecule has 2 aromatic carbocycles. The van der Waals surface area contributed by atoms with E-state index in [-0.39, 0.29) is 18.2 Å². The molecule has 0 radical (unpaired) electrons. The molecule has 2 aromatic rings. The minimum Gasteiger partial charge on any atom is -0.372 e. The highest BCUT2D eigenvalue weighted by atomic mass is 16.2. The first-order valence-electron chi connectivity index (χ1n) is 9.97. The number of carbonyl (C=O) groups excluding carboxylic acids is 2. The summed E-state index contributed by atoms with van der Waals surface area (Å²) in [5.74, 6) is -0.0890. The van der Waals surface area contributed by atoms with Gasteiger partial charge in [0.1, 0.15) is 0 Å². The molecular weight excluding hydrogens is 350 g/mol. The van der Waals surface area contributed by atoms with Gasteiger partial charge >= 0.3 is 0 Å². The lowest BCUT2D eigenvalue weighted by Crippen LogP contribution is -2.33. The maximum atomic E-state index is 12.3. The van der Waals surface area contributed by atoms with Gasteiger partial charge in [-0.25, -0.2) is 0 Å². The first-order valence-corrected chi connectivity index (χ1v) is 9.97. The van der Waals surface area contributed by atoms with E-state index in [2.05, 4.69) is 24.1 Å². The zero-order valence-electron chi connectivity index (χ0n) is 17.1. The molecule has 0 saturated heterocycles. The number of nitrogens with one attached hydrogen (secondary N) is 1. The summed E-state index contributed by atoms with van der Waals surface area (Å²) in [6.07, 6.45) is 1.07. The number of nitrogens with zero attached hydrogens (tertiary/aromatic N) is 2. The molecule has 1 N–H and O–H groups in total. The minimum absolute atomic E-state index is 0.00712. The summed E-state index contributed by atoms with van der Waals surface area (Å²) in [6.45, 7) is 8.74. The van der Waals surface area contributed by atoms with Gasteiger partial charge in [-0.15, -0.1) is 0 Å². The van der Waals surface area contributed by atoms with Crippen molar-refractivity contribution in [2.75, 3.05) is 36.4 Å². The van der Waals surface area contributed by atoms with Gasteiger partial charge < -0.3 is 15.1 Å². The van der Waals surface area contributed by atoms with E-state index in [1.165, 1.54) is 5.56 Å². The molecule has 5 nitrogen and oxygen atoms in total. The van der Waals surface area contributed by atoms with Gasteiger partial charge in [0.05, 0.1) is 0 Å². The Morgan fingerprint density at radius 1 is 0.893 bits per heavy atom. The lowest BCUT2D eigenvalue weighted by molar-refractivity contribution is -0.129. The van der Waals surface area contributed by atoms with Crippen LogP contribution in [-0.2, 0) is 16.0 Å². The number of hydrogen-bond acceptors (Lipinski definition) is 3. The fourth-order valence-electron chi connectivity index (χ4n) is 3.14. The molecule has 28 heavy (non-hydrogen) atoms. The van der Waals surface area contributed by atoms with E-state index in [0.29, 0.717) is 13.1 Å². The summed E-state index contributed by atoms with van der Waals surface area (Å²) in [5.41, 5.74) is 3.11. The highest BCUT2D eigenvalue weighted by Gasteiger charge is 2.12. The Morgan fingerprint density at radius 2 is 1.54 bits per heavy atom. The van der Waals surface area contributed by atoms with Gasteiger partial charge in [0.25, 0.3) is 0 Å². The average molecular weight is 382 g/mol. The Morgan fingerprint density at radius 3 is 2.11 bits per heavy atom. The second-order valence-electron chi connectivity index (χ2n) is 6.76. The molecule has 0 heterocycles. The Hall–Kier alpha value is -2.82. The molecule has 0 fully saturated rings. The standard InChI is InChI=1S/C23H31N3O2/c1-4-25(5-2)22-13-11-21(12-14-22)24-23(28)16-18-26(19(3)27)17-15-20-9-7-6-8-10-20/h6-14H,4-5,15-18H2,1-3H3,(H,24,28). The molecule has 0 unspecified atom stereocenters. The van der Waals surface area contributed by atoms with Crippen molar-refractivity contribution < 1.29 is 9.59 Å². The third-order valence-corrected chi connectivity index (χ3v) is 4.85. The van der Waals surface area contributed by atoms with Gasteiger partial charge in [-0.1, -0.05) is 30.3 Å². The second-order valence-corrected chi connectivity index (χ2v) is 6.76. The van der Waals surface area contributed by atoms with Crippen molar-refractivity contribution in [3.05, 3.63) is 60.2 Å². The van der Waals surface area contributed by atoms with Crippen LogP contribution in [0, 0.1) is 0 Å². The normalized spacial score (nSPS) is 10.4. The monoisotopic (exact) mass is 381 g/mol. The SMILES string of the molecule is CCN(CC)c1ccc(NC(=O)CCN(CCc2ccccc2)C(C)=O)cc1. The van der Waals surface area contributed by atoms with Gasteiger partial charge in [0, 0.05) is 50.9 Å². The van der Waals surface area contributed by atoms with Gasteiger partial charge in [-0.2, -0.15) is 0 Å². The zero-order valence-corrected chi connectivity index (χ0v) is 17.1. The van der Waals surface area contributed by atoms with E-state index in [1.807, 2.05) is 54.6 Å². The maximum Gasteiger partial charge on any atom is 0.226 e. The van der Waals surface area contributed by atoms with Crippen LogP contribution in [0.25, 0.3) is 0 Å². The van der Waals surface area contributed by atoms with Crippen LogP contribution >= 0.6 is 0 Å². The number of amides is 2. The molecule has 0 aliphatic heterocycles. The molecule has 0 aliphatic rings.